The molecule has 2 aromatic carbocycles. The summed E-state index contributed by atoms with van der Waals surface area (Å²) in [6.07, 6.45) is 15.2. The molecule has 0 unspecified atom stereocenters. The maximum absolute atomic E-state index is 13.3. The van der Waals surface area contributed by atoms with Gasteiger partial charge >= 0.3 is 0 Å². The average molecular weight is 495 g/mol. The standard InChI is InChI=1S/C30H42N2O4/c1-20(2)14-12-10-8-6-4-3-5-7-9-11-13-19-32-22-16-18-24(34)28-26(22)29(35)25-21(31)15-17-23(33)27(25)30(28)36/h15-18,20,32-34H,3-14,19,31H2,1-2H3. The lowest BCUT2D eigenvalue weighted by Gasteiger charge is -2.23. The molecule has 0 spiro atoms. The molecular formula is C30H42N2O4. The van der Waals surface area contributed by atoms with Gasteiger partial charge in [0.25, 0.3) is 0 Å². The molecule has 1 aliphatic carbocycles. The molecule has 1 aliphatic rings. The summed E-state index contributed by atoms with van der Waals surface area (Å²) in [5.74, 6) is -0.836. The number of carbonyl (C=O) groups is 2. The van der Waals surface area contributed by atoms with E-state index in [1.165, 1.54) is 82.4 Å². The highest BCUT2D eigenvalue weighted by molar-refractivity contribution is 6.33. The van der Waals surface area contributed by atoms with E-state index >= 15 is 0 Å². The van der Waals surface area contributed by atoms with E-state index in [0.29, 0.717) is 12.2 Å². The summed E-state index contributed by atoms with van der Waals surface area (Å²) in [6.45, 7) is 5.25. The van der Waals surface area contributed by atoms with E-state index in [9.17, 15) is 19.8 Å². The minimum atomic E-state index is -0.596. The molecule has 3 rings (SSSR count). The Labute approximate surface area is 215 Å². The van der Waals surface area contributed by atoms with Crippen LogP contribution in [0.25, 0.3) is 0 Å². The second kappa shape index (κ2) is 13.3. The highest BCUT2D eigenvalue weighted by Gasteiger charge is 2.37. The van der Waals surface area contributed by atoms with Crippen LogP contribution in [-0.4, -0.2) is 28.3 Å². The SMILES string of the molecule is CC(C)CCCCCCCCCCCCCNc1ccc(O)c2c1C(=O)c1c(N)ccc(O)c1C2=O. The van der Waals surface area contributed by atoms with Gasteiger partial charge in [-0.25, -0.2) is 0 Å². The van der Waals surface area contributed by atoms with Gasteiger partial charge in [0.15, 0.2) is 5.78 Å². The van der Waals surface area contributed by atoms with E-state index in [0.717, 1.165) is 18.8 Å². The highest BCUT2D eigenvalue weighted by Crippen LogP contribution is 2.41. The van der Waals surface area contributed by atoms with Crippen LogP contribution >= 0.6 is 0 Å². The van der Waals surface area contributed by atoms with Crippen molar-refractivity contribution in [2.24, 2.45) is 5.92 Å². The van der Waals surface area contributed by atoms with Crippen molar-refractivity contribution in [3.05, 3.63) is 46.5 Å². The fraction of sp³-hybridized carbons (Fsp3) is 0.533. The number of anilines is 2. The van der Waals surface area contributed by atoms with Gasteiger partial charge in [0.05, 0.1) is 22.3 Å². The minimum Gasteiger partial charge on any atom is -0.507 e. The van der Waals surface area contributed by atoms with Gasteiger partial charge in [-0.05, 0) is 36.6 Å². The van der Waals surface area contributed by atoms with Crippen molar-refractivity contribution in [1.82, 2.24) is 0 Å². The topological polar surface area (TPSA) is 113 Å². The number of hydrogen-bond acceptors (Lipinski definition) is 6. The number of carbonyl (C=O) groups excluding carboxylic acids is 2. The first-order valence-electron chi connectivity index (χ1n) is 13.6. The fourth-order valence-electron chi connectivity index (χ4n) is 5.03. The number of ketones is 2. The zero-order chi connectivity index (χ0) is 26.1. The Morgan fingerprint density at radius 2 is 1.14 bits per heavy atom. The monoisotopic (exact) mass is 494 g/mol. The van der Waals surface area contributed by atoms with Crippen LogP contribution in [0.15, 0.2) is 24.3 Å². The van der Waals surface area contributed by atoms with Crippen LogP contribution in [-0.2, 0) is 0 Å². The molecule has 0 bridgehead atoms. The van der Waals surface area contributed by atoms with Crippen LogP contribution in [0.4, 0.5) is 11.4 Å². The number of phenols is 2. The molecule has 6 heteroatoms. The lowest BCUT2D eigenvalue weighted by molar-refractivity contribution is 0.0975. The Morgan fingerprint density at radius 1 is 0.667 bits per heavy atom. The first-order valence-corrected chi connectivity index (χ1v) is 13.6. The van der Waals surface area contributed by atoms with Gasteiger partial charge < -0.3 is 21.3 Å². The second-order valence-electron chi connectivity index (χ2n) is 10.5. The molecule has 0 saturated heterocycles. The van der Waals surface area contributed by atoms with Crippen molar-refractivity contribution in [3.8, 4) is 11.5 Å². The molecule has 0 amide bonds. The molecule has 2 aromatic rings. The zero-order valence-electron chi connectivity index (χ0n) is 21.9. The van der Waals surface area contributed by atoms with Crippen molar-refractivity contribution in [1.29, 1.82) is 0 Å². The molecule has 5 N–H and O–H groups in total. The van der Waals surface area contributed by atoms with E-state index in [-0.39, 0.29) is 39.4 Å². The van der Waals surface area contributed by atoms with Crippen molar-refractivity contribution < 1.29 is 19.8 Å². The third kappa shape index (κ3) is 6.80. The van der Waals surface area contributed by atoms with Crippen LogP contribution in [0, 0.1) is 5.92 Å². The van der Waals surface area contributed by atoms with Crippen molar-refractivity contribution >= 4 is 22.9 Å². The Hall–Kier alpha value is -3.02. The predicted molar refractivity (Wildman–Crippen MR) is 146 cm³/mol. The number of hydrogen-bond donors (Lipinski definition) is 4. The smallest absolute Gasteiger partial charge is 0.202 e. The largest absolute Gasteiger partial charge is 0.507 e. The average Bonchev–Trinajstić information content (AvgIpc) is 2.84. The summed E-state index contributed by atoms with van der Waals surface area (Å²) < 4.78 is 0. The van der Waals surface area contributed by atoms with Gasteiger partial charge in [0.2, 0.25) is 5.78 Å². The summed E-state index contributed by atoms with van der Waals surface area (Å²) in [6, 6.07) is 5.73. The Bertz CT molecular complexity index is 1060. The Morgan fingerprint density at radius 3 is 1.72 bits per heavy atom. The lowest BCUT2D eigenvalue weighted by Crippen LogP contribution is -2.24. The molecule has 0 radical (unpaired) electrons. The molecule has 0 fully saturated rings. The van der Waals surface area contributed by atoms with E-state index in [2.05, 4.69) is 19.2 Å². The number of nitrogens with one attached hydrogen (secondary N) is 1. The second-order valence-corrected chi connectivity index (χ2v) is 10.5. The third-order valence-corrected chi connectivity index (χ3v) is 7.08. The van der Waals surface area contributed by atoms with Crippen LogP contribution in [0.5, 0.6) is 11.5 Å². The summed E-state index contributed by atoms with van der Waals surface area (Å²) in [5.41, 5.74) is 6.50. The van der Waals surface area contributed by atoms with Gasteiger partial charge in [0.1, 0.15) is 11.5 Å². The van der Waals surface area contributed by atoms with Crippen molar-refractivity contribution in [2.45, 2.75) is 90.9 Å². The molecule has 0 saturated carbocycles. The number of unbranched alkanes of at least 4 members (excludes halogenated alkanes) is 10. The number of aromatic hydroxyl groups is 2. The number of rotatable bonds is 15. The molecule has 196 valence electrons. The number of fused-ring (bicyclic) bond motifs is 2. The van der Waals surface area contributed by atoms with Crippen LogP contribution in [0.3, 0.4) is 0 Å². The number of benzene rings is 2. The van der Waals surface area contributed by atoms with E-state index < -0.39 is 11.6 Å². The van der Waals surface area contributed by atoms with Gasteiger partial charge in [-0.3, -0.25) is 9.59 Å². The molecule has 0 aromatic heterocycles. The number of phenolic OH excluding ortho intramolecular Hbond substituents is 2. The predicted octanol–water partition coefficient (Wildman–Crippen LogP) is 7.20. The molecular weight excluding hydrogens is 452 g/mol. The van der Waals surface area contributed by atoms with E-state index in [1.54, 1.807) is 6.07 Å². The van der Waals surface area contributed by atoms with Gasteiger partial charge in [0, 0.05) is 17.9 Å². The van der Waals surface area contributed by atoms with Crippen LogP contribution in [0.2, 0.25) is 0 Å². The Balaban J connectivity index is 1.41. The Kier molecular flexibility index (Phi) is 10.2. The lowest BCUT2D eigenvalue weighted by atomic mass is 9.81. The van der Waals surface area contributed by atoms with Crippen molar-refractivity contribution in [2.75, 3.05) is 17.6 Å². The summed E-state index contributed by atoms with van der Waals surface area (Å²) >= 11 is 0. The summed E-state index contributed by atoms with van der Waals surface area (Å²) in [5, 5.41) is 23.8. The number of nitrogens with two attached hydrogens (primary N) is 1. The maximum atomic E-state index is 13.3. The first-order chi connectivity index (χ1) is 17.3. The first kappa shape index (κ1) is 27.6. The van der Waals surface area contributed by atoms with Crippen LogP contribution in [0.1, 0.15) is 123 Å². The van der Waals surface area contributed by atoms with Gasteiger partial charge in [-0.15, -0.1) is 0 Å². The minimum absolute atomic E-state index is 0.00305. The molecule has 36 heavy (non-hydrogen) atoms. The molecule has 6 nitrogen and oxygen atoms in total. The van der Waals surface area contributed by atoms with Crippen LogP contribution < -0.4 is 11.1 Å². The maximum Gasteiger partial charge on any atom is 0.202 e. The normalized spacial score (nSPS) is 12.6. The summed E-state index contributed by atoms with van der Waals surface area (Å²) in [7, 11) is 0. The van der Waals surface area contributed by atoms with Gasteiger partial charge in [-0.2, -0.15) is 0 Å². The third-order valence-electron chi connectivity index (χ3n) is 7.08. The zero-order valence-corrected chi connectivity index (χ0v) is 21.9. The molecule has 0 atom stereocenters. The molecule has 0 aliphatic heterocycles. The highest BCUT2D eigenvalue weighted by atomic mass is 16.3. The number of nitrogen functional groups attached to an aromatic ring is 1. The van der Waals surface area contributed by atoms with E-state index in [4.69, 9.17) is 5.73 Å². The quantitative estimate of drug-likeness (QED) is 0.101. The van der Waals surface area contributed by atoms with Crippen molar-refractivity contribution in [3.63, 3.8) is 0 Å². The van der Waals surface area contributed by atoms with Gasteiger partial charge in [-0.1, -0.05) is 84.5 Å². The van der Waals surface area contributed by atoms with E-state index in [1.807, 2.05) is 0 Å². The summed E-state index contributed by atoms with van der Waals surface area (Å²) in [4.78, 5) is 26.3. The fourth-order valence-corrected chi connectivity index (χ4v) is 5.03. The molecule has 0 heterocycles.